The van der Waals surface area contributed by atoms with Crippen LogP contribution in [0.3, 0.4) is 0 Å². The third-order valence-corrected chi connectivity index (χ3v) is 4.59. The summed E-state index contributed by atoms with van der Waals surface area (Å²) in [4.78, 5) is 35.8. The van der Waals surface area contributed by atoms with Crippen molar-refractivity contribution in [2.24, 2.45) is 17.8 Å². The molecule has 0 rings (SSSR count). The zero-order valence-electron chi connectivity index (χ0n) is 20.1. The molecule has 0 aromatic carbocycles. The Morgan fingerprint density at radius 2 is 1.37 bits per heavy atom. The topological polar surface area (TPSA) is 136 Å². The van der Waals surface area contributed by atoms with Crippen LogP contribution in [0.4, 0.5) is 0 Å². The van der Waals surface area contributed by atoms with Crippen molar-refractivity contribution in [1.29, 1.82) is 0 Å². The van der Waals surface area contributed by atoms with Gasteiger partial charge in [0.25, 0.3) is 0 Å². The molecular formula is C19H42N4O6S. The van der Waals surface area contributed by atoms with E-state index in [1.165, 1.54) is 24.5 Å². The number of rotatable bonds is 8. The van der Waals surface area contributed by atoms with E-state index in [9.17, 15) is 22.8 Å². The number of amides is 3. The van der Waals surface area contributed by atoms with Gasteiger partial charge in [-0.2, -0.15) is 0 Å². The minimum Gasteiger partial charge on any atom is -0.347 e. The quantitative estimate of drug-likeness (QED) is 0.368. The molecule has 0 aliphatic carbocycles. The first-order chi connectivity index (χ1) is 13.4. The van der Waals surface area contributed by atoms with Crippen LogP contribution in [0, 0.1) is 17.8 Å². The number of carbonyl (C=O) groups is 3. The highest BCUT2D eigenvalue weighted by Gasteiger charge is 2.23. The number of hydrogen-bond donors (Lipinski definition) is 3. The third-order valence-electron chi connectivity index (χ3n) is 3.26. The molecule has 0 aromatic rings. The molecule has 1 atom stereocenters. The molecular weight excluding hydrogens is 412 g/mol. The van der Waals surface area contributed by atoms with Gasteiger partial charge in [-0.25, -0.2) is 18.2 Å². The summed E-state index contributed by atoms with van der Waals surface area (Å²) >= 11 is 0. The van der Waals surface area contributed by atoms with Crippen molar-refractivity contribution >= 4 is 27.7 Å². The molecule has 0 fully saturated rings. The van der Waals surface area contributed by atoms with E-state index >= 15 is 0 Å². The van der Waals surface area contributed by atoms with E-state index < -0.39 is 21.8 Å². The van der Waals surface area contributed by atoms with Crippen LogP contribution in [0.25, 0.3) is 0 Å². The van der Waals surface area contributed by atoms with Crippen LogP contribution in [0.2, 0.25) is 0 Å². The number of nitrogens with zero attached hydrogens (tertiary/aromatic N) is 2. The molecule has 0 radical (unpaired) electrons. The van der Waals surface area contributed by atoms with E-state index in [0.717, 1.165) is 16.5 Å². The van der Waals surface area contributed by atoms with E-state index in [1.54, 1.807) is 14.1 Å². The lowest BCUT2D eigenvalue weighted by Gasteiger charge is -2.18. The lowest BCUT2D eigenvalue weighted by molar-refractivity contribution is -0.136. The smallest absolute Gasteiger partial charge is 0.244 e. The van der Waals surface area contributed by atoms with E-state index in [2.05, 4.69) is 26.1 Å². The molecule has 3 amide bonds. The summed E-state index contributed by atoms with van der Waals surface area (Å²) in [6, 6.07) is 0. The largest absolute Gasteiger partial charge is 0.347 e. The molecule has 3 N–H and O–H groups in total. The van der Waals surface area contributed by atoms with Crippen molar-refractivity contribution in [3.8, 4) is 0 Å². The number of hydrogen-bond acceptors (Lipinski definition) is 6. The molecule has 30 heavy (non-hydrogen) atoms. The van der Waals surface area contributed by atoms with Gasteiger partial charge in [0.05, 0.1) is 12.8 Å². The van der Waals surface area contributed by atoms with Crippen molar-refractivity contribution in [1.82, 2.24) is 20.0 Å². The van der Waals surface area contributed by atoms with E-state index in [-0.39, 0.29) is 30.7 Å². The fourth-order valence-electron chi connectivity index (χ4n) is 1.59. The summed E-state index contributed by atoms with van der Waals surface area (Å²) in [7, 11) is 3.28. The Morgan fingerprint density at radius 1 is 0.967 bits per heavy atom. The fourth-order valence-corrected chi connectivity index (χ4v) is 1.59. The van der Waals surface area contributed by atoms with E-state index in [1.807, 2.05) is 13.8 Å². The Hall–Kier alpha value is -1.72. The predicted molar refractivity (Wildman–Crippen MR) is 118 cm³/mol. The normalized spacial score (nSPS) is 11.7. The molecule has 0 saturated heterocycles. The molecule has 0 bridgehead atoms. The van der Waals surface area contributed by atoms with Gasteiger partial charge in [0.1, 0.15) is 0 Å². The van der Waals surface area contributed by atoms with Crippen LogP contribution in [-0.4, -0.2) is 81.5 Å². The van der Waals surface area contributed by atoms with Gasteiger partial charge in [-0.15, -0.1) is 0 Å². The molecule has 0 saturated carbocycles. The van der Waals surface area contributed by atoms with Crippen molar-refractivity contribution < 1.29 is 28.0 Å². The Morgan fingerprint density at radius 3 is 1.63 bits per heavy atom. The maximum absolute atomic E-state index is 11.9. The van der Waals surface area contributed by atoms with Crippen LogP contribution in [-0.2, 0) is 24.4 Å². The number of carbonyl (C=O) groups excluding carboxylic acids is 3. The maximum Gasteiger partial charge on any atom is 0.244 e. The molecule has 0 unspecified atom stereocenters. The van der Waals surface area contributed by atoms with Crippen molar-refractivity contribution in [3.63, 3.8) is 0 Å². The molecule has 180 valence electrons. The number of hydroxylamine groups is 1. The Bertz CT molecular complexity index is 601. The summed E-state index contributed by atoms with van der Waals surface area (Å²) in [5.41, 5.74) is 1.51. The van der Waals surface area contributed by atoms with Crippen molar-refractivity contribution in [3.05, 3.63) is 0 Å². The average Bonchev–Trinajstić information content (AvgIpc) is 2.57. The van der Waals surface area contributed by atoms with Gasteiger partial charge in [0.15, 0.2) is 0 Å². The van der Waals surface area contributed by atoms with Gasteiger partial charge in [-0.05, 0) is 18.3 Å². The monoisotopic (exact) mass is 454 g/mol. The number of nitrogens with one attached hydrogen (secondary N) is 2. The van der Waals surface area contributed by atoms with Crippen molar-refractivity contribution in [2.75, 3.05) is 41.0 Å². The zero-order valence-corrected chi connectivity index (χ0v) is 21.0. The molecule has 10 nitrogen and oxygen atoms in total. The van der Waals surface area contributed by atoms with Crippen LogP contribution >= 0.6 is 0 Å². The fraction of sp³-hybridized carbons (Fsp3) is 0.842. The third kappa shape index (κ3) is 22.6. The second-order valence-corrected chi connectivity index (χ2v) is 10.5. The van der Waals surface area contributed by atoms with Crippen LogP contribution in [0.5, 0.6) is 0 Å². The minimum atomic E-state index is -2.91. The molecule has 0 heterocycles. The minimum absolute atomic E-state index is 0.0961. The summed E-state index contributed by atoms with van der Waals surface area (Å²) in [6.45, 7) is 10.3. The van der Waals surface area contributed by atoms with Gasteiger partial charge < -0.3 is 10.2 Å². The second-order valence-electron chi connectivity index (χ2n) is 8.35. The summed E-state index contributed by atoms with van der Waals surface area (Å²) in [5, 5.41) is 11.0. The average molecular weight is 455 g/mol. The second kappa shape index (κ2) is 17.0. The first kappa shape index (κ1) is 32.9. The standard InChI is InChI=1S/C12H23N3O4.C4H10.C3H9NO2S/c1-8(2)5-9(6-10(16)14-19)12(18)13-7-11(17)15(3)4;1-4(2)3;1-4(2)7(3,5)6/h8-9,19H,5-7H2,1-4H3,(H,13,18)(H,14,16);4H,1-3H3;1-3H3/t9-;;/m1../s1. The summed E-state index contributed by atoms with van der Waals surface area (Å²) in [5.74, 6) is -0.676. The van der Waals surface area contributed by atoms with Gasteiger partial charge in [0, 0.05) is 40.5 Å². The zero-order chi connectivity index (χ0) is 24.7. The number of sulfonamides is 1. The first-order valence-corrected chi connectivity index (χ1v) is 11.6. The number of likely N-dealkylation sites (N-methyl/N-ethyl adjacent to an activating group) is 1. The highest BCUT2D eigenvalue weighted by molar-refractivity contribution is 7.88. The molecule has 0 spiro atoms. The molecule has 0 aliphatic heterocycles. The van der Waals surface area contributed by atoms with Gasteiger partial charge in [-0.1, -0.05) is 34.6 Å². The van der Waals surface area contributed by atoms with E-state index in [4.69, 9.17) is 5.21 Å². The van der Waals surface area contributed by atoms with Crippen LogP contribution in [0.1, 0.15) is 47.5 Å². The van der Waals surface area contributed by atoms with Crippen molar-refractivity contribution in [2.45, 2.75) is 47.5 Å². The van der Waals surface area contributed by atoms with Crippen LogP contribution in [0.15, 0.2) is 0 Å². The Balaban J connectivity index is -0.000000543. The van der Waals surface area contributed by atoms with Crippen LogP contribution < -0.4 is 10.8 Å². The lowest BCUT2D eigenvalue weighted by atomic mass is 9.93. The van der Waals surface area contributed by atoms with E-state index in [0.29, 0.717) is 6.42 Å². The SMILES string of the molecule is CC(C)C.CC(C)C[C@H](CC(=O)NO)C(=O)NCC(=O)N(C)C.CN(C)S(C)(=O)=O. The lowest BCUT2D eigenvalue weighted by Crippen LogP contribution is -2.40. The Kier molecular flexibility index (Phi) is 18.7. The Labute approximate surface area is 182 Å². The highest BCUT2D eigenvalue weighted by atomic mass is 32.2. The summed E-state index contributed by atoms with van der Waals surface area (Å²) < 4.78 is 21.7. The molecule has 0 aliphatic rings. The summed E-state index contributed by atoms with van der Waals surface area (Å²) in [6.07, 6.45) is 1.57. The van der Waals surface area contributed by atoms with Gasteiger partial charge >= 0.3 is 0 Å². The van der Waals surface area contributed by atoms with Gasteiger partial charge in [0.2, 0.25) is 27.7 Å². The first-order valence-electron chi connectivity index (χ1n) is 9.73. The van der Waals surface area contributed by atoms with Gasteiger partial charge in [-0.3, -0.25) is 19.6 Å². The molecule has 0 aromatic heterocycles. The predicted octanol–water partition coefficient (Wildman–Crippen LogP) is 0.919. The highest BCUT2D eigenvalue weighted by Crippen LogP contribution is 2.15. The molecule has 11 heteroatoms. The maximum atomic E-state index is 11.9.